The number of hydrogen-bond acceptors (Lipinski definition) is 3. The maximum atomic E-state index is 13.6. The molecule has 0 bridgehead atoms. The van der Waals surface area contributed by atoms with Crippen LogP contribution in [0.1, 0.15) is 39.3 Å². The molecule has 6 heteroatoms. The van der Waals surface area contributed by atoms with E-state index >= 15 is 0 Å². The summed E-state index contributed by atoms with van der Waals surface area (Å²) in [4.78, 5) is 17.0. The highest BCUT2D eigenvalue weighted by Crippen LogP contribution is 2.23. The number of carbonyl (C=O) groups excluding carboxylic acids is 1. The van der Waals surface area contributed by atoms with Gasteiger partial charge in [-0.3, -0.25) is 4.79 Å². The van der Waals surface area contributed by atoms with Gasteiger partial charge in [0.1, 0.15) is 29.2 Å². The average Bonchev–Trinajstić information content (AvgIpc) is 3.10. The van der Waals surface area contributed by atoms with Crippen LogP contribution in [-0.4, -0.2) is 15.5 Å². The quantitative estimate of drug-likeness (QED) is 0.800. The second-order valence-electron chi connectivity index (χ2n) is 5.68. The first-order chi connectivity index (χ1) is 11.5. The fourth-order valence-corrected chi connectivity index (χ4v) is 2.70. The van der Waals surface area contributed by atoms with E-state index in [1.54, 1.807) is 49.0 Å². The highest BCUT2D eigenvalue weighted by Gasteiger charge is 2.23. The number of aryl methyl sites for hydroxylation is 3. The van der Waals surface area contributed by atoms with Gasteiger partial charge in [0.15, 0.2) is 0 Å². The molecular formula is C18H18FN3O2. The number of benzene rings is 1. The Kier molecular flexibility index (Phi) is 4.20. The fourth-order valence-electron chi connectivity index (χ4n) is 2.70. The molecule has 2 heterocycles. The van der Waals surface area contributed by atoms with Gasteiger partial charge in [0.05, 0.1) is 5.56 Å². The van der Waals surface area contributed by atoms with Gasteiger partial charge in [-0.25, -0.2) is 9.37 Å². The second kappa shape index (κ2) is 6.31. The third-order valence-electron chi connectivity index (χ3n) is 3.86. The van der Waals surface area contributed by atoms with Gasteiger partial charge < -0.3 is 14.3 Å². The molecule has 1 aromatic carbocycles. The lowest BCUT2D eigenvalue weighted by Gasteiger charge is -2.19. The smallest absolute Gasteiger partial charge is 0.255 e. The Morgan fingerprint density at radius 3 is 2.71 bits per heavy atom. The van der Waals surface area contributed by atoms with Crippen molar-refractivity contribution in [2.45, 2.75) is 19.9 Å². The van der Waals surface area contributed by atoms with Crippen molar-refractivity contribution in [2.24, 2.45) is 7.05 Å². The molecule has 0 aliphatic carbocycles. The Balaban J connectivity index is 1.98. The zero-order valence-electron chi connectivity index (χ0n) is 13.7. The lowest BCUT2D eigenvalue weighted by molar-refractivity contribution is 0.0939. The van der Waals surface area contributed by atoms with Crippen LogP contribution in [-0.2, 0) is 7.05 Å². The van der Waals surface area contributed by atoms with Crippen LogP contribution in [0.2, 0.25) is 0 Å². The molecule has 5 nitrogen and oxygen atoms in total. The van der Waals surface area contributed by atoms with E-state index in [9.17, 15) is 9.18 Å². The Morgan fingerprint density at radius 1 is 1.33 bits per heavy atom. The number of nitrogens with one attached hydrogen (secondary N) is 1. The molecule has 2 aromatic heterocycles. The van der Waals surface area contributed by atoms with Crippen LogP contribution in [0.5, 0.6) is 0 Å². The zero-order valence-corrected chi connectivity index (χ0v) is 13.7. The van der Waals surface area contributed by atoms with Crippen molar-refractivity contribution < 1.29 is 13.6 Å². The minimum absolute atomic E-state index is 0.290. The number of imidazole rings is 1. The molecule has 24 heavy (non-hydrogen) atoms. The summed E-state index contributed by atoms with van der Waals surface area (Å²) in [5.74, 6) is 1.17. The average molecular weight is 327 g/mol. The highest BCUT2D eigenvalue weighted by atomic mass is 19.1. The molecule has 1 amide bonds. The number of halogens is 1. The van der Waals surface area contributed by atoms with E-state index in [-0.39, 0.29) is 11.7 Å². The van der Waals surface area contributed by atoms with Crippen LogP contribution < -0.4 is 5.32 Å². The van der Waals surface area contributed by atoms with Crippen molar-refractivity contribution in [2.75, 3.05) is 0 Å². The summed E-state index contributed by atoms with van der Waals surface area (Å²) in [6.45, 7) is 3.52. The van der Waals surface area contributed by atoms with Gasteiger partial charge >= 0.3 is 0 Å². The van der Waals surface area contributed by atoms with Crippen molar-refractivity contribution in [1.29, 1.82) is 0 Å². The number of nitrogens with zero attached hydrogens (tertiary/aromatic N) is 2. The van der Waals surface area contributed by atoms with Crippen LogP contribution in [0.4, 0.5) is 4.39 Å². The van der Waals surface area contributed by atoms with Crippen molar-refractivity contribution in [3.8, 4) is 0 Å². The number of amides is 1. The molecule has 0 aliphatic heterocycles. The molecule has 3 rings (SSSR count). The van der Waals surface area contributed by atoms with Crippen molar-refractivity contribution in [3.63, 3.8) is 0 Å². The number of furan rings is 1. The maximum Gasteiger partial charge on any atom is 0.255 e. The fraction of sp³-hybridized carbons (Fsp3) is 0.222. The topological polar surface area (TPSA) is 60.1 Å². The highest BCUT2D eigenvalue weighted by molar-refractivity contribution is 5.95. The first kappa shape index (κ1) is 16.0. The van der Waals surface area contributed by atoms with Crippen LogP contribution in [0.3, 0.4) is 0 Å². The van der Waals surface area contributed by atoms with E-state index in [4.69, 9.17) is 4.42 Å². The van der Waals surface area contributed by atoms with Crippen molar-refractivity contribution >= 4 is 5.91 Å². The molecule has 3 aromatic rings. The molecule has 0 fully saturated rings. The van der Waals surface area contributed by atoms with Crippen LogP contribution in [0.25, 0.3) is 0 Å². The summed E-state index contributed by atoms with van der Waals surface area (Å²) in [6, 6.07) is 7.25. The van der Waals surface area contributed by atoms with E-state index in [1.165, 1.54) is 12.1 Å². The molecular weight excluding hydrogens is 309 g/mol. The van der Waals surface area contributed by atoms with Gasteiger partial charge in [0, 0.05) is 19.4 Å². The Morgan fingerprint density at radius 2 is 2.12 bits per heavy atom. The van der Waals surface area contributed by atoms with Gasteiger partial charge in [-0.05, 0) is 37.6 Å². The molecule has 1 N–H and O–H groups in total. The Labute approximate surface area is 139 Å². The Hall–Kier alpha value is -2.89. The Bertz CT molecular complexity index is 882. The summed E-state index contributed by atoms with van der Waals surface area (Å²) < 4.78 is 20.9. The molecule has 0 spiro atoms. The summed E-state index contributed by atoms with van der Waals surface area (Å²) in [5, 5.41) is 2.93. The standard InChI is InChI=1S/C18H18FN3O2/c1-11-9-15(12(2)24-11)18(23)21-16(17-20-7-8-22(17)3)13-5-4-6-14(19)10-13/h4-10,16H,1-3H3,(H,21,23)/t16-/m0/s1. The first-order valence-electron chi connectivity index (χ1n) is 7.56. The van der Waals surface area contributed by atoms with Gasteiger partial charge in [-0.15, -0.1) is 0 Å². The number of carbonyl (C=O) groups is 1. The predicted molar refractivity (Wildman–Crippen MR) is 87.1 cm³/mol. The van der Waals surface area contributed by atoms with Gasteiger partial charge in [-0.1, -0.05) is 12.1 Å². The van der Waals surface area contributed by atoms with E-state index in [2.05, 4.69) is 10.3 Å². The van der Waals surface area contributed by atoms with Crippen molar-refractivity contribution in [1.82, 2.24) is 14.9 Å². The maximum absolute atomic E-state index is 13.6. The van der Waals surface area contributed by atoms with Gasteiger partial charge in [0.2, 0.25) is 0 Å². The van der Waals surface area contributed by atoms with Gasteiger partial charge in [-0.2, -0.15) is 0 Å². The van der Waals surface area contributed by atoms with E-state index in [0.29, 0.717) is 28.5 Å². The first-order valence-corrected chi connectivity index (χ1v) is 7.56. The lowest BCUT2D eigenvalue weighted by atomic mass is 10.1. The van der Waals surface area contributed by atoms with E-state index in [1.807, 2.05) is 7.05 Å². The van der Waals surface area contributed by atoms with Crippen LogP contribution >= 0.6 is 0 Å². The second-order valence-corrected chi connectivity index (χ2v) is 5.68. The lowest BCUT2D eigenvalue weighted by Crippen LogP contribution is -2.31. The predicted octanol–water partition coefficient (Wildman–Crippen LogP) is 3.29. The largest absolute Gasteiger partial charge is 0.466 e. The van der Waals surface area contributed by atoms with Crippen molar-refractivity contribution in [3.05, 3.63) is 77.0 Å². The molecule has 0 unspecified atom stereocenters. The van der Waals surface area contributed by atoms with Crippen LogP contribution in [0, 0.1) is 19.7 Å². The number of hydrogen-bond donors (Lipinski definition) is 1. The van der Waals surface area contributed by atoms with E-state index in [0.717, 1.165) is 0 Å². The van der Waals surface area contributed by atoms with E-state index < -0.39 is 6.04 Å². The monoisotopic (exact) mass is 327 g/mol. The van der Waals surface area contributed by atoms with Crippen LogP contribution in [0.15, 0.2) is 47.1 Å². The van der Waals surface area contributed by atoms with Gasteiger partial charge in [0.25, 0.3) is 5.91 Å². The molecule has 124 valence electrons. The molecule has 0 radical (unpaired) electrons. The third kappa shape index (κ3) is 3.08. The molecule has 0 saturated heterocycles. The zero-order chi connectivity index (χ0) is 17.3. The number of rotatable bonds is 4. The molecule has 0 saturated carbocycles. The molecule has 0 aliphatic rings. The normalized spacial score (nSPS) is 12.2. The minimum atomic E-state index is -0.567. The minimum Gasteiger partial charge on any atom is -0.466 e. The summed E-state index contributed by atoms with van der Waals surface area (Å²) in [6.07, 6.45) is 3.42. The summed E-state index contributed by atoms with van der Waals surface area (Å²) in [5.41, 5.74) is 1.08. The SMILES string of the molecule is Cc1cc(C(=O)N[C@@H](c2cccc(F)c2)c2nccn2C)c(C)o1. The number of aromatic nitrogens is 2. The molecule has 1 atom stereocenters. The third-order valence-corrected chi connectivity index (χ3v) is 3.86. The summed E-state index contributed by atoms with van der Waals surface area (Å²) >= 11 is 0. The summed E-state index contributed by atoms with van der Waals surface area (Å²) in [7, 11) is 1.83.